The highest BCUT2D eigenvalue weighted by Gasteiger charge is 2.17. The zero-order valence-electron chi connectivity index (χ0n) is 8.30. The minimum absolute atomic E-state index is 0.0947. The molecule has 0 aromatic rings. The van der Waals surface area contributed by atoms with Crippen molar-refractivity contribution in [3.05, 3.63) is 0 Å². The summed E-state index contributed by atoms with van der Waals surface area (Å²) in [5.41, 5.74) is -0.0947. The van der Waals surface area contributed by atoms with Crippen molar-refractivity contribution < 1.29 is 10.2 Å². The van der Waals surface area contributed by atoms with Crippen molar-refractivity contribution in [1.29, 1.82) is 0 Å². The van der Waals surface area contributed by atoms with Gasteiger partial charge in [0.15, 0.2) is 0 Å². The number of aliphatic hydroxyl groups is 2. The summed E-state index contributed by atoms with van der Waals surface area (Å²) in [5, 5.41) is 21.0. The maximum absolute atomic E-state index is 8.95. The zero-order valence-corrected chi connectivity index (χ0v) is 8.30. The summed E-state index contributed by atoms with van der Waals surface area (Å²) in [5.74, 6) is 0. The highest BCUT2D eigenvalue weighted by molar-refractivity contribution is 4.73. The van der Waals surface area contributed by atoms with E-state index in [1.807, 2.05) is 20.8 Å². The lowest BCUT2D eigenvalue weighted by Crippen LogP contribution is -2.40. The first kappa shape index (κ1) is 11.9. The second-order valence-electron chi connectivity index (χ2n) is 3.99. The Balaban J connectivity index is 3.65. The molecule has 12 heavy (non-hydrogen) atoms. The topological polar surface area (TPSA) is 52.5 Å². The number of aliphatic hydroxyl groups excluding tert-OH is 2. The molecule has 0 saturated heterocycles. The van der Waals surface area contributed by atoms with Crippen LogP contribution in [0.5, 0.6) is 0 Å². The third-order valence-electron chi connectivity index (χ3n) is 2.01. The maximum atomic E-state index is 8.95. The van der Waals surface area contributed by atoms with Crippen LogP contribution in [0.3, 0.4) is 0 Å². The molecule has 0 aliphatic carbocycles. The minimum Gasteiger partial charge on any atom is -0.396 e. The molecule has 3 N–H and O–H groups in total. The van der Waals surface area contributed by atoms with Crippen molar-refractivity contribution in [2.75, 3.05) is 19.8 Å². The van der Waals surface area contributed by atoms with Crippen LogP contribution in [0, 0.1) is 5.41 Å². The van der Waals surface area contributed by atoms with Gasteiger partial charge < -0.3 is 15.5 Å². The molecule has 3 nitrogen and oxygen atoms in total. The maximum Gasteiger partial charge on any atom is 0.0584 e. The van der Waals surface area contributed by atoms with Crippen molar-refractivity contribution in [2.24, 2.45) is 5.41 Å². The van der Waals surface area contributed by atoms with Crippen molar-refractivity contribution in [3.8, 4) is 0 Å². The van der Waals surface area contributed by atoms with Gasteiger partial charge in [0.25, 0.3) is 0 Å². The largest absolute Gasteiger partial charge is 0.396 e. The highest BCUT2D eigenvalue weighted by Crippen LogP contribution is 2.11. The average molecular weight is 175 g/mol. The van der Waals surface area contributed by atoms with Crippen LogP contribution < -0.4 is 5.32 Å². The predicted molar refractivity (Wildman–Crippen MR) is 50.0 cm³/mol. The Morgan fingerprint density at radius 1 is 1.33 bits per heavy atom. The van der Waals surface area contributed by atoms with E-state index in [0.29, 0.717) is 0 Å². The number of hydrogen-bond donors (Lipinski definition) is 3. The summed E-state index contributed by atoms with van der Waals surface area (Å²) >= 11 is 0. The van der Waals surface area contributed by atoms with Gasteiger partial charge in [0, 0.05) is 24.6 Å². The van der Waals surface area contributed by atoms with E-state index in [9.17, 15) is 0 Å². The molecule has 0 heterocycles. The van der Waals surface area contributed by atoms with Crippen LogP contribution in [-0.2, 0) is 0 Å². The smallest absolute Gasteiger partial charge is 0.0584 e. The quantitative estimate of drug-likeness (QED) is 0.546. The van der Waals surface area contributed by atoms with Crippen molar-refractivity contribution in [3.63, 3.8) is 0 Å². The lowest BCUT2D eigenvalue weighted by atomic mass is 9.94. The Labute approximate surface area is 74.8 Å². The van der Waals surface area contributed by atoms with E-state index >= 15 is 0 Å². The van der Waals surface area contributed by atoms with Crippen LogP contribution in [0.4, 0.5) is 0 Å². The van der Waals surface area contributed by atoms with Crippen LogP contribution in [0.1, 0.15) is 27.2 Å². The van der Waals surface area contributed by atoms with Gasteiger partial charge >= 0.3 is 0 Å². The van der Waals surface area contributed by atoms with Crippen molar-refractivity contribution >= 4 is 0 Å². The number of nitrogens with one attached hydrogen (secondary N) is 1. The van der Waals surface area contributed by atoms with E-state index in [0.717, 1.165) is 13.0 Å². The normalized spacial score (nSPS) is 14.8. The monoisotopic (exact) mass is 175 g/mol. The summed E-state index contributed by atoms with van der Waals surface area (Å²) in [7, 11) is 0. The first-order chi connectivity index (χ1) is 5.55. The Kier molecular flexibility index (Phi) is 5.46. The molecule has 0 radical (unpaired) electrons. The van der Waals surface area contributed by atoms with Gasteiger partial charge in [-0.1, -0.05) is 20.8 Å². The van der Waals surface area contributed by atoms with Crippen molar-refractivity contribution in [2.45, 2.75) is 33.2 Å². The molecule has 1 atom stereocenters. The van der Waals surface area contributed by atoms with Gasteiger partial charge in [0.2, 0.25) is 0 Å². The van der Waals surface area contributed by atoms with Gasteiger partial charge in [-0.25, -0.2) is 0 Å². The molecular weight excluding hydrogens is 154 g/mol. The Morgan fingerprint density at radius 3 is 2.25 bits per heavy atom. The van der Waals surface area contributed by atoms with Crippen LogP contribution in [0.15, 0.2) is 0 Å². The van der Waals surface area contributed by atoms with E-state index in [1.165, 1.54) is 0 Å². The van der Waals surface area contributed by atoms with E-state index in [1.54, 1.807) is 0 Å². The molecule has 3 heteroatoms. The molecular formula is C9H21NO2. The summed E-state index contributed by atoms with van der Waals surface area (Å²) in [6.45, 7) is 7.08. The standard InChI is InChI=1S/C9H21NO2/c1-4-8(5-11)10-6-9(2,3)7-12/h8,10-12H,4-7H2,1-3H3. The highest BCUT2D eigenvalue weighted by atomic mass is 16.3. The first-order valence-corrected chi connectivity index (χ1v) is 4.51. The molecule has 0 spiro atoms. The van der Waals surface area contributed by atoms with Crippen LogP contribution in [0.25, 0.3) is 0 Å². The van der Waals surface area contributed by atoms with E-state index in [2.05, 4.69) is 5.32 Å². The van der Waals surface area contributed by atoms with E-state index < -0.39 is 0 Å². The number of hydrogen-bond acceptors (Lipinski definition) is 3. The Hall–Kier alpha value is -0.120. The summed E-state index contributed by atoms with van der Waals surface area (Å²) in [4.78, 5) is 0. The Morgan fingerprint density at radius 2 is 1.92 bits per heavy atom. The molecule has 0 aromatic carbocycles. The second kappa shape index (κ2) is 5.51. The summed E-state index contributed by atoms with van der Waals surface area (Å²) in [6.07, 6.45) is 0.915. The van der Waals surface area contributed by atoms with E-state index in [-0.39, 0.29) is 24.7 Å². The molecule has 0 aliphatic heterocycles. The fourth-order valence-electron chi connectivity index (χ4n) is 0.815. The zero-order chi connectivity index (χ0) is 9.61. The second-order valence-corrected chi connectivity index (χ2v) is 3.99. The van der Waals surface area contributed by atoms with E-state index in [4.69, 9.17) is 10.2 Å². The molecule has 0 saturated carbocycles. The third kappa shape index (κ3) is 4.70. The lowest BCUT2D eigenvalue weighted by Gasteiger charge is -2.25. The van der Waals surface area contributed by atoms with Crippen molar-refractivity contribution in [1.82, 2.24) is 5.32 Å². The summed E-state index contributed by atoms with van der Waals surface area (Å²) in [6, 6.07) is 0.163. The molecule has 0 amide bonds. The van der Waals surface area contributed by atoms with Gasteiger partial charge in [-0.15, -0.1) is 0 Å². The van der Waals surface area contributed by atoms with Gasteiger partial charge in [-0.3, -0.25) is 0 Å². The molecule has 0 rings (SSSR count). The number of rotatable bonds is 6. The molecule has 1 unspecified atom stereocenters. The van der Waals surface area contributed by atoms with Gasteiger partial charge in [-0.05, 0) is 6.42 Å². The fraction of sp³-hybridized carbons (Fsp3) is 1.00. The predicted octanol–water partition coefficient (Wildman–Crippen LogP) is 0.365. The SMILES string of the molecule is CCC(CO)NCC(C)(C)CO. The van der Waals surface area contributed by atoms with Gasteiger partial charge in [-0.2, -0.15) is 0 Å². The van der Waals surface area contributed by atoms with Crippen LogP contribution in [0.2, 0.25) is 0 Å². The first-order valence-electron chi connectivity index (χ1n) is 4.51. The lowest BCUT2D eigenvalue weighted by molar-refractivity contribution is 0.144. The molecule has 74 valence electrons. The van der Waals surface area contributed by atoms with Gasteiger partial charge in [0.05, 0.1) is 6.61 Å². The molecule has 0 aromatic heterocycles. The average Bonchev–Trinajstić information content (AvgIpc) is 2.06. The Bertz CT molecular complexity index is 111. The molecule has 0 bridgehead atoms. The third-order valence-corrected chi connectivity index (χ3v) is 2.01. The summed E-state index contributed by atoms with van der Waals surface area (Å²) < 4.78 is 0. The van der Waals surface area contributed by atoms with Gasteiger partial charge in [0.1, 0.15) is 0 Å². The van der Waals surface area contributed by atoms with Crippen LogP contribution in [-0.4, -0.2) is 36.0 Å². The minimum atomic E-state index is -0.0947. The fourth-order valence-corrected chi connectivity index (χ4v) is 0.815. The molecule has 0 fully saturated rings. The van der Waals surface area contributed by atoms with Crippen LogP contribution >= 0.6 is 0 Å². The molecule has 0 aliphatic rings.